The number of amides is 1. The van der Waals surface area contributed by atoms with Crippen LogP contribution in [0, 0.1) is 5.92 Å². The maximum absolute atomic E-state index is 12.6. The molecule has 2 aliphatic rings. The van der Waals surface area contributed by atoms with Gasteiger partial charge in [-0.05, 0) is 65.0 Å². The van der Waals surface area contributed by atoms with Crippen LogP contribution in [0.5, 0.6) is 0 Å². The summed E-state index contributed by atoms with van der Waals surface area (Å²) in [5, 5.41) is 0. The molecule has 0 saturated heterocycles. The third kappa shape index (κ3) is 4.07. The van der Waals surface area contributed by atoms with E-state index in [0.29, 0.717) is 18.5 Å². The van der Waals surface area contributed by atoms with Crippen molar-refractivity contribution < 1.29 is 4.79 Å². The molecule has 4 heteroatoms. The monoisotopic (exact) mass is 293 g/mol. The Kier molecular flexibility index (Phi) is 6.24. The van der Waals surface area contributed by atoms with Gasteiger partial charge in [0.2, 0.25) is 5.91 Å². The molecule has 0 heterocycles. The zero-order valence-electron chi connectivity index (χ0n) is 13.7. The van der Waals surface area contributed by atoms with Gasteiger partial charge in [-0.25, -0.2) is 0 Å². The maximum Gasteiger partial charge on any atom is 0.240 e. The van der Waals surface area contributed by atoms with Crippen molar-refractivity contribution >= 4 is 5.91 Å². The highest BCUT2D eigenvalue weighted by atomic mass is 16.2. The van der Waals surface area contributed by atoms with Gasteiger partial charge in [0.25, 0.3) is 0 Å². The van der Waals surface area contributed by atoms with E-state index in [-0.39, 0.29) is 5.91 Å². The average molecular weight is 293 g/mol. The van der Waals surface area contributed by atoms with Crippen LogP contribution in [0.25, 0.3) is 0 Å². The summed E-state index contributed by atoms with van der Waals surface area (Å²) in [4.78, 5) is 16.9. The van der Waals surface area contributed by atoms with Gasteiger partial charge in [-0.1, -0.05) is 12.5 Å². The van der Waals surface area contributed by atoms with Crippen molar-refractivity contribution in [1.82, 2.24) is 9.80 Å². The first kappa shape index (κ1) is 16.5. The summed E-state index contributed by atoms with van der Waals surface area (Å²) in [6.45, 7) is 4.12. The van der Waals surface area contributed by atoms with Gasteiger partial charge in [-0.15, -0.1) is 0 Å². The van der Waals surface area contributed by atoms with Crippen LogP contribution in [0.3, 0.4) is 0 Å². The fourth-order valence-corrected chi connectivity index (χ4v) is 3.89. The second-order valence-electron chi connectivity index (χ2n) is 6.49. The van der Waals surface area contributed by atoms with E-state index in [9.17, 15) is 4.79 Å². The van der Waals surface area contributed by atoms with Gasteiger partial charge in [-0.2, -0.15) is 0 Å². The van der Waals surface area contributed by atoms with Crippen molar-refractivity contribution in [2.45, 2.75) is 57.9 Å². The highest BCUT2D eigenvalue weighted by Crippen LogP contribution is 2.28. The van der Waals surface area contributed by atoms with Crippen LogP contribution in [-0.2, 0) is 4.79 Å². The zero-order valence-corrected chi connectivity index (χ0v) is 13.7. The minimum Gasteiger partial charge on any atom is -0.330 e. The third-order valence-electron chi connectivity index (χ3n) is 5.10. The fraction of sp³-hybridized carbons (Fsp3) is 0.824. The van der Waals surface area contributed by atoms with E-state index in [1.807, 2.05) is 4.90 Å². The summed E-state index contributed by atoms with van der Waals surface area (Å²) in [5.41, 5.74) is 7.10. The molecule has 1 saturated carbocycles. The standard InChI is InChI=1S/C17H31N3O/c1-3-20(15-9-5-4-6-10-15)17(21)13-19(2)16-11-7-8-14(16)12-18/h9,14,16H,3-8,10-13,18H2,1-2H3. The molecule has 0 bridgehead atoms. The number of carbonyl (C=O) groups excluding carboxylic acids is 1. The van der Waals surface area contributed by atoms with Crippen LogP contribution in [0.15, 0.2) is 11.8 Å². The minimum atomic E-state index is 0.246. The predicted octanol–water partition coefficient (Wildman–Crippen LogP) is 2.35. The molecule has 0 aliphatic heterocycles. The van der Waals surface area contributed by atoms with Crippen LogP contribution in [0.2, 0.25) is 0 Å². The Morgan fingerprint density at radius 3 is 2.76 bits per heavy atom. The molecule has 2 rings (SSSR count). The average Bonchev–Trinajstić information content (AvgIpc) is 2.97. The second kappa shape index (κ2) is 7.95. The Morgan fingerprint density at radius 1 is 1.33 bits per heavy atom. The van der Waals surface area contributed by atoms with Gasteiger partial charge < -0.3 is 10.6 Å². The molecule has 1 fully saturated rings. The van der Waals surface area contributed by atoms with Crippen molar-refractivity contribution in [2.75, 3.05) is 26.7 Å². The molecule has 0 spiro atoms. The number of allylic oxidation sites excluding steroid dienone is 2. The maximum atomic E-state index is 12.6. The smallest absolute Gasteiger partial charge is 0.240 e. The Morgan fingerprint density at radius 2 is 2.14 bits per heavy atom. The van der Waals surface area contributed by atoms with Crippen molar-refractivity contribution in [3.63, 3.8) is 0 Å². The first-order valence-electron chi connectivity index (χ1n) is 8.57. The van der Waals surface area contributed by atoms with E-state index in [1.54, 1.807) is 0 Å². The van der Waals surface area contributed by atoms with E-state index in [2.05, 4.69) is 24.9 Å². The molecule has 0 aromatic heterocycles. The van der Waals surface area contributed by atoms with Gasteiger partial charge in [0.15, 0.2) is 0 Å². The molecular weight excluding hydrogens is 262 g/mol. The molecule has 0 radical (unpaired) electrons. The van der Waals surface area contributed by atoms with Crippen molar-refractivity contribution in [3.8, 4) is 0 Å². The highest BCUT2D eigenvalue weighted by molar-refractivity contribution is 5.80. The van der Waals surface area contributed by atoms with E-state index >= 15 is 0 Å². The molecule has 2 aliphatic carbocycles. The predicted molar refractivity (Wildman–Crippen MR) is 86.8 cm³/mol. The molecule has 21 heavy (non-hydrogen) atoms. The highest BCUT2D eigenvalue weighted by Gasteiger charge is 2.31. The van der Waals surface area contributed by atoms with Crippen molar-refractivity contribution in [1.29, 1.82) is 0 Å². The van der Waals surface area contributed by atoms with Gasteiger partial charge in [0.1, 0.15) is 0 Å². The van der Waals surface area contributed by atoms with Crippen LogP contribution < -0.4 is 5.73 Å². The summed E-state index contributed by atoms with van der Waals surface area (Å²) in [5.74, 6) is 0.808. The molecular formula is C17H31N3O. The number of carbonyl (C=O) groups is 1. The van der Waals surface area contributed by atoms with Crippen LogP contribution in [-0.4, -0.2) is 48.4 Å². The largest absolute Gasteiger partial charge is 0.330 e. The van der Waals surface area contributed by atoms with E-state index in [1.165, 1.54) is 37.8 Å². The number of nitrogens with two attached hydrogens (primary N) is 1. The Bertz CT molecular complexity index is 380. The van der Waals surface area contributed by atoms with E-state index in [0.717, 1.165) is 25.9 Å². The number of nitrogens with zero attached hydrogens (tertiary/aromatic N) is 2. The van der Waals surface area contributed by atoms with E-state index in [4.69, 9.17) is 5.73 Å². The summed E-state index contributed by atoms with van der Waals surface area (Å²) < 4.78 is 0. The molecule has 0 aromatic rings. The van der Waals surface area contributed by atoms with Crippen LogP contribution >= 0.6 is 0 Å². The topological polar surface area (TPSA) is 49.6 Å². The number of rotatable bonds is 6. The lowest BCUT2D eigenvalue weighted by molar-refractivity contribution is -0.130. The first-order chi connectivity index (χ1) is 10.2. The Balaban J connectivity index is 1.93. The second-order valence-corrected chi connectivity index (χ2v) is 6.49. The Labute approximate surface area is 129 Å². The van der Waals surface area contributed by atoms with Crippen molar-refractivity contribution in [3.05, 3.63) is 11.8 Å². The molecule has 2 unspecified atom stereocenters. The van der Waals surface area contributed by atoms with Crippen LogP contribution in [0.1, 0.15) is 51.9 Å². The molecule has 2 atom stereocenters. The number of hydrogen-bond acceptors (Lipinski definition) is 3. The lowest BCUT2D eigenvalue weighted by Gasteiger charge is -2.32. The fourth-order valence-electron chi connectivity index (χ4n) is 3.89. The van der Waals surface area contributed by atoms with Gasteiger partial charge in [-0.3, -0.25) is 9.69 Å². The SMILES string of the molecule is CCN(C(=O)CN(C)C1CCCC1CN)C1=CCCCC1. The molecule has 1 amide bonds. The normalized spacial score (nSPS) is 26.0. The summed E-state index contributed by atoms with van der Waals surface area (Å²) in [6, 6.07) is 0.484. The minimum absolute atomic E-state index is 0.246. The Hall–Kier alpha value is -0.870. The summed E-state index contributed by atoms with van der Waals surface area (Å²) in [7, 11) is 2.08. The molecule has 0 aromatic carbocycles. The molecule has 4 nitrogen and oxygen atoms in total. The van der Waals surface area contributed by atoms with Crippen LogP contribution in [0.4, 0.5) is 0 Å². The zero-order chi connectivity index (χ0) is 15.2. The lowest BCUT2D eigenvalue weighted by Crippen LogP contribution is -2.44. The summed E-state index contributed by atoms with van der Waals surface area (Å²) in [6.07, 6.45) is 10.5. The third-order valence-corrected chi connectivity index (χ3v) is 5.10. The van der Waals surface area contributed by atoms with Gasteiger partial charge in [0, 0.05) is 18.3 Å². The molecule has 2 N–H and O–H groups in total. The first-order valence-corrected chi connectivity index (χ1v) is 8.57. The summed E-state index contributed by atoms with van der Waals surface area (Å²) >= 11 is 0. The van der Waals surface area contributed by atoms with E-state index < -0.39 is 0 Å². The number of hydrogen-bond donors (Lipinski definition) is 1. The van der Waals surface area contributed by atoms with Crippen molar-refractivity contribution in [2.24, 2.45) is 11.7 Å². The van der Waals surface area contributed by atoms with Gasteiger partial charge in [0.05, 0.1) is 6.54 Å². The molecule has 120 valence electrons. The van der Waals surface area contributed by atoms with Gasteiger partial charge >= 0.3 is 0 Å². The quantitative estimate of drug-likeness (QED) is 0.818. The lowest BCUT2D eigenvalue weighted by atomic mass is 10.0. The number of likely N-dealkylation sites (N-methyl/N-ethyl adjacent to an activating group) is 2.